The molecule has 0 radical (unpaired) electrons. The maximum Gasteiger partial charge on any atom is 0.407 e. The lowest BCUT2D eigenvalue weighted by molar-refractivity contribution is -0.172. The summed E-state index contributed by atoms with van der Waals surface area (Å²) in [6.45, 7) is 6.91. The maximum atomic E-state index is 15.5. The number of Topliss-reactive ketones (excluding diaryl/α,β-unsaturated/α-hetero) is 2. The van der Waals surface area contributed by atoms with Gasteiger partial charge in [-0.2, -0.15) is 0 Å². The Kier molecular flexibility index (Phi) is 16.5. The quantitative estimate of drug-likeness (QED) is 0.0394. The fourth-order valence-corrected chi connectivity index (χ4v) is 12.0. The van der Waals surface area contributed by atoms with Crippen LogP contribution in [0.1, 0.15) is 128 Å². The van der Waals surface area contributed by atoms with Gasteiger partial charge in [0, 0.05) is 53.7 Å². The number of esters is 2. The number of nitrogens with one attached hydrogen (secondary N) is 4. The SMILES string of the molecule is CC[C@@]1(O)C(=O)OCc2c1cc1n(c2=O)Cc2c-1nc1cc(F)c(C)c3c1c2[C@@H](NC(=O)CNC(=O)[C@@H](CC(=O)CNC(=O)CCC(=O)[C@@H](CC(=O)OC(C)(C)C)NC(=O)OCC1c2ccccc2-c2ccccc21)Cc1ccccc1)CC3. The van der Waals surface area contributed by atoms with Gasteiger partial charge < -0.3 is 45.2 Å². The van der Waals surface area contributed by atoms with Crippen molar-refractivity contribution in [2.24, 2.45) is 5.92 Å². The van der Waals surface area contributed by atoms with Crippen LogP contribution in [0.25, 0.3) is 33.4 Å². The molecule has 0 spiro atoms. The second kappa shape index (κ2) is 23.8. The first kappa shape index (κ1) is 58.3. The standard InChI is InChI=1S/C64H65FN6O13/c1-6-64(81)46-26-51-58-43(31-71(51)60(78)45(46)33-82-61(64)79)57-48(21-20-38-34(2)47(65)27-50(69-58)56(38)57)68-54(75)30-67-59(77)36(24-35-14-8-7-9-15-35)25-37(72)29-66-53(74)23-22-52(73)49(28-55(76)84-63(3,4)5)70-62(80)83-32-44-41-18-12-10-16-39(41)40-17-11-13-19-42(40)44/h7-19,26-27,36,44,48-49,81H,6,20-25,28-33H2,1-5H3,(H,66,74)(H,67,77)(H,68,75)(H,70,80)/t36-,48+,49-,64+/m1/s1. The van der Waals surface area contributed by atoms with E-state index >= 15 is 4.39 Å². The molecule has 4 atom stereocenters. The summed E-state index contributed by atoms with van der Waals surface area (Å²) in [4.78, 5) is 127. The summed E-state index contributed by atoms with van der Waals surface area (Å²) in [5, 5.41) is 22.8. The minimum absolute atomic E-state index is 0.0276. The summed E-state index contributed by atoms with van der Waals surface area (Å²) in [7, 11) is 0. The Hall–Kier alpha value is -8.91. The van der Waals surface area contributed by atoms with E-state index in [2.05, 4.69) is 21.3 Å². The van der Waals surface area contributed by atoms with Gasteiger partial charge in [0.15, 0.2) is 17.2 Å². The topological polar surface area (TPSA) is 267 Å². The number of aliphatic hydroxyl groups is 1. The third kappa shape index (κ3) is 11.8. The van der Waals surface area contributed by atoms with Gasteiger partial charge in [0.1, 0.15) is 30.7 Å². The van der Waals surface area contributed by atoms with Crippen LogP contribution in [0.15, 0.2) is 95.8 Å². The Morgan fingerprint density at radius 3 is 2.24 bits per heavy atom. The summed E-state index contributed by atoms with van der Waals surface area (Å²) >= 11 is 0. The Morgan fingerprint density at radius 1 is 0.857 bits per heavy atom. The predicted molar refractivity (Wildman–Crippen MR) is 304 cm³/mol. The molecule has 2 aromatic heterocycles. The molecule has 20 heteroatoms. The first-order valence-corrected chi connectivity index (χ1v) is 28.2. The van der Waals surface area contributed by atoms with Gasteiger partial charge in [-0.15, -0.1) is 0 Å². The van der Waals surface area contributed by atoms with Crippen LogP contribution in [0.5, 0.6) is 0 Å². The van der Waals surface area contributed by atoms with Crippen LogP contribution in [0.2, 0.25) is 0 Å². The highest BCUT2D eigenvalue weighted by atomic mass is 19.1. The number of hydrogen-bond acceptors (Lipinski definition) is 14. The van der Waals surface area contributed by atoms with Crippen molar-refractivity contribution < 1.29 is 62.1 Å². The molecule has 4 aliphatic rings. The van der Waals surface area contributed by atoms with Crippen molar-refractivity contribution in [3.05, 3.63) is 157 Å². The fourth-order valence-electron chi connectivity index (χ4n) is 12.0. The molecule has 10 rings (SSSR count). The van der Waals surface area contributed by atoms with Crippen LogP contribution in [0.3, 0.4) is 0 Å². The number of ketones is 2. The van der Waals surface area contributed by atoms with Crippen molar-refractivity contribution in [2.45, 2.75) is 128 Å². The van der Waals surface area contributed by atoms with Gasteiger partial charge in [0.25, 0.3) is 5.56 Å². The van der Waals surface area contributed by atoms with Crippen molar-refractivity contribution in [2.75, 3.05) is 19.7 Å². The Labute approximate surface area is 483 Å². The predicted octanol–water partition coefficient (Wildman–Crippen LogP) is 6.67. The van der Waals surface area contributed by atoms with E-state index in [4.69, 9.17) is 19.2 Å². The number of nitrogens with zero attached hydrogens (tertiary/aromatic N) is 2. The van der Waals surface area contributed by atoms with Gasteiger partial charge in [0.2, 0.25) is 17.7 Å². The number of carbonyl (C=O) groups excluding carboxylic acids is 8. The number of aryl methyl sites for hydroxylation is 1. The molecule has 436 valence electrons. The van der Waals surface area contributed by atoms with Crippen LogP contribution in [0.4, 0.5) is 9.18 Å². The maximum absolute atomic E-state index is 15.5. The molecular weight excluding hydrogens is 1080 g/mol. The van der Waals surface area contributed by atoms with Gasteiger partial charge in [-0.05, 0) is 104 Å². The van der Waals surface area contributed by atoms with Crippen molar-refractivity contribution in [1.82, 2.24) is 30.8 Å². The number of hydrogen-bond donors (Lipinski definition) is 5. The van der Waals surface area contributed by atoms with E-state index in [1.54, 1.807) is 71.0 Å². The molecule has 0 fully saturated rings. The molecule has 2 aliphatic heterocycles. The van der Waals surface area contributed by atoms with E-state index < -0.39 is 120 Å². The van der Waals surface area contributed by atoms with Crippen LogP contribution >= 0.6 is 0 Å². The average Bonchev–Trinajstić information content (AvgIpc) is 1.61. The second-order valence-electron chi connectivity index (χ2n) is 22.9. The number of alkyl carbamates (subject to hydrolysis) is 1. The van der Waals surface area contributed by atoms with Gasteiger partial charge >= 0.3 is 18.0 Å². The van der Waals surface area contributed by atoms with E-state index in [-0.39, 0.29) is 56.1 Å². The molecule has 4 heterocycles. The summed E-state index contributed by atoms with van der Waals surface area (Å²) < 4.78 is 33.4. The van der Waals surface area contributed by atoms with E-state index in [9.17, 15) is 48.3 Å². The lowest BCUT2D eigenvalue weighted by Gasteiger charge is -2.31. The number of cyclic esters (lactones) is 1. The van der Waals surface area contributed by atoms with E-state index in [0.29, 0.717) is 57.4 Å². The lowest BCUT2D eigenvalue weighted by Crippen LogP contribution is -2.44. The molecule has 4 amide bonds. The zero-order chi connectivity index (χ0) is 59.8. The summed E-state index contributed by atoms with van der Waals surface area (Å²) in [6, 6.07) is 25.3. The highest BCUT2D eigenvalue weighted by Gasteiger charge is 2.46. The number of rotatable bonds is 20. The van der Waals surface area contributed by atoms with Gasteiger partial charge in [-0.1, -0.05) is 85.8 Å². The number of carbonyl (C=O) groups is 8. The highest BCUT2D eigenvalue weighted by Crippen LogP contribution is 2.47. The number of ether oxygens (including phenoxy) is 3. The third-order valence-corrected chi connectivity index (χ3v) is 16.2. The van der Waals surface area contributed by atoms with Crippen molar-refractivity contribution in [1.29, 1.82) is 0 Å². The zero-order valence-corrected chi connectivity index (χ0v) is 47.3. The normalized spacial score (nSPS) is 17.0. The molecular formula is C64H65FN6O13. The molecule has 0 unspecified atom stereocenters. The molecule has 6 aromatic rings. The second-order valence-corrected chi connectivity index (χ2v) is 22.9. The Morgan fingerprint density at radius 2 is 1.55 bits per heavy atom. The fraction of sp³-hybridized carbons (Fsp3) is 0.375. The van der Waals surface area contributed by atoms with Gasteiger partial charge in [0.05, 0.1) is 54.6 Å². The van der Waals surface area contributed by atoms with Crippen LogP contribution in [0, 0.1) is 18.7 Å². The molecule has 0 saturated carbocycles. The zero-order valence-electron chi connectivity index (χ0n) is 47.3. The summed E-state index contributed by atoms with van der Waals surface area (Å²) in [5.74, 6) is -6.40. The smallest absolute Gasteiger partial charge is 0.407 e. The van der Waals surface area contributed by atoms with Crippen molar-refractivity contribution in [3.63, 3.8) is 0 Å². The van der Waals surface area contributed by atoms with E-state index in [1.165, 1.54) is 10.6 Å². The van der Waals surface area contributed by atoms with Crippen LogP contribution < -0.4 is 26.8 Å². The molecule has 4 aromatic carbocycles. The summed E-state index contributed by atoms with van der Waals surface area (Å²) in [5.41, 5.74) is 4.83. The summed E-state index contributed by atoms with van der Waals surface area (Å²) in [6.07, 6.45) is -1.89. The van der Waals surface area contributed by atoms with Crippen LogP contribution in [-0.4, -0.2) is 93.3 Å². The van der Waals surface area contributed by atoms with E-state index in [1.807, 2.05) is 48.5 Å². The molecule has 0 bridgehead atoms. The third-order valence-electron chi connectivity index (χ3n) is 16.2. The van der Waals surface area contributed by atoms with Gasteiger partial charge in [-0.25, -0.2) is 19.0 Å². The first-order chi connectivity index (χ1) is 40.1. The number of fused-ring (bicyclic) bond motifs is 8. The number of amides is 4. The highest BCUT2D eigenvalue weighted by molar-refractivity contribution is 5.97. The molecule has 84 heavy (non-hydrogen) atoms. The lowest BCUT2D eigenvalue weighted by atomic mass is 9.81. The number of pyridine rings is 2. The minimum Gasteiger partial charge on any atom is -0.460 e. The van der Waals surface area contributed by atoms with Crippen LogP contribution in [-0.2, 0) is 79.4 Å². The monoisotopic (exact) mass is 1140 g/mol. The first-order valence-electron chi connectivity index (χ1n) is 28.2. The minimum atomic E-state index is -2.07. The number of benzene rings is 4. The molecule has 0 saturated heterocycles. The molecule has 2 aliphatic carbocycles. The largest absolute Gasteiger partial charge is 0.460 e. The van der Waals surface area contributed by atoms with Gasteiger partial charge in [-0.3, -0.25) is 33.6 Å². The van der Waals surface area contributed by atoms with E-state index in [0.717, 1.165) is 27.8 Å². The molecule has 5 N–H and O–H groups in total. The average molecular weight is 1150 g/mol. The van der Waals surface area contributed by atoms with Crippen molar-refractivity contribution >= 4 is 58.2 Å². The number of aromatic nitrogens is 2. The Bertz CT molecular complexity index is 3720. The molecule has 19 nitrogen and oxygen atoms in total. The number of halogens is 1. The van der Waals surface area contributed by atoms with Crippen molar-refractivity contribution in [3.8, 4) is 22.5 Å². The Balaban J connectivity index is 0.770.